The molecule has 0 radical (unpaired) electrons. The Morgan fingerprint density at radius 2 is 1.11 bits per heavy atom. The summed E-state index contributed by atoms with van der Waals surface area (Å²) in [6.07, 6.45) is 0.838. The first-order valence-electron chi connectivity index (χ1n) is 13.3. The highest BCUT2D eigenvalue weighted by Crippen LogP contribution is 2.04. The van der Waals surface area contributed by atoms with E-state index in [0.717, 1.165) is 0 Å². The molecule has 0 saturated carbocycles. The van der Waals surface area contributed by atoms with E-state index < -0.39 is 79.2 Å². The standard InChI is InChI=1S/C23H42N12O8S/c1-12(36)33-14(5-3-7-29-23(26)27)20(41)35-13(4-2-6-28-22(24)25)19(40)32-9-17(38)30-8-16(37)31-10-18(39)34-15(11-44)21(42)43/h13-15,44H,2-11H2,1H3,(H,30,38)(H,31,37)(H,32,40)(H,33,36)(H,34,39)(H,35,41)(H,42,43)(H4,24,25,28)(H4,26,27,29)/t13-,14-,15-/m0/s1. The number of hydrogen-bond acceptors (Lipinski definition) is 10. The number of carbonyl (C=O) groups excluding carboxylic acids is 6. The molecule has 44 heavy (non-hydrogen) atoms. The molecule has 0 aromatic heterocycles. The number of hydrogen-bond donors (Lipinski definition) is 12. The molecule has 0 heterocycles. The second kappa shape index (κ2) is 21.8. The Labute approximate surface area is 258 Å². The molecule has 21 heteroatoms. The van der Waals surface area contributed by atoms with E-state index in [0.29, 0.717) is 6.42 Å². The van der Waals surface area contributed by atoms with Gasteiger partial charge in [-0.2, -0.15) is 12.6 Å². The zero-order valence-electron chi connectivity index (χ0n) is 24.3. The fourth-order valence-electron chi connectivity index (χ4n) is 3.27. The van der Waals surface area contributed by atoms with Crippen molar-refractivity contribution < 1.29 is 38.7 Å². The largest absolute Gasteiger partial charge is 0.480 e. The zero-order chi connectivity index (χ0) is 33.7. The molecule has 0 saturated heterocycles. The van der Waals surface area contributed by atoms with Gasteiger partial charge in [-0.1, -0.05) is 0 Å². The fraction of sp³-hybridized carbons (Fsp3) is 0.609. The first-order valence-corrected chi connectivity index (χ1v) is 13.9. The number of amides is 6. The number of guanidine groups is 2. The van der Waals surface area contributed by atoms with E-state index in [1.54, 1.807) is 0 Å². The predicted molar refractivity (Wildman–Crippen MR) is 162 cm³/mol. The average molecular weight is 647 g/mol. The lowest BCUT2D eigenvalue weighted by Gasteiger charge is -2.22. The fourth-order valence-corrected chi connectivity index (χ4v) is 3.51. The molecule has 0 unspecified atom stereocenters. The van der Waals surface area contributed by atoms with Crippen LogP contribution >= 0.6 is 12.6 Å². The SMILES string of the molecule is CC(=O)N[C@@H](CCCN=C(N)N)C(=O)N[C@@H](CCCN=C(N)N)C(=O)NCC(=O)NCC(=O)NCC(=O)N[C@@H](CS)C(=O)O. The van der Waals surface area contributed by atoms with Crippen LogP contribution in [0, 0.1) is 0 Å². The minimum Gasteiger partial charge on any atom is -0.480 e. The summed E-state index contributed by atoms with van der Waals surface area (Å²) in [4.78, 5) is 91.9. The number of carbonyl (C=O) groups is 7. The van der Waals surface area contributed by atoms with E-state index in [-0.39, 0.29) is 50.0 Å². The van der Waals surface area contributed by atoms with Crippen LogP contribution in [-0.2, 0) is 33.6 Å². The van der Waals surface area contributed by atoms with Crippen molar-refractivity contribution in [2.75, 3.05) is 38.5 Å². The monoisotopic (exact) mass is 646 g/mol. The molecule has 20 nitrogen and oxygen atoms in total. The summed E-state index contributed by atoms with van der Waals surface area (Å²) in [5, 5.41) is 22.9. The van der Waals surface area contributed by atoms with Crippen molar-refractivity contribution >= 4 is 66.0 Å². The molecular weight excluding hydrogens is 604 g/mol. The number of aliphatic carboxylic acids is 1. The third-order valence-corrected chi connectivity index (χ3v) is 5.71. The lowest BCUT2D eigenvalue weighted by molar-refractivity contribution is -0.141. The quantitative estimate of drug-likeness (QED) is 0.0240. The Hall–Kier alpha value is -4.82. The Morgan fingerprint density at radius 1 is 0.659 bits per heavy atom. The number of nitrogens with two attached hydrogens (primary N) is 4. The molecule has 248 valence electrons. The van der Waals surface area contributed by atoms with E-state index in [4.69, 9.17) is 28.0 Å². The van der Waals surface area contributed by atoms with Crippen molar-refractivity contribution in [3.05, 3.63) is 0 Å². The van der Waals surface area contributed by atoms with Crippen LogP contribution in [0.3, 0.4) is 0 Å². The highest BCUT2D eigenvalue weighted by Gasteiger charge is 2.26. The molecule has 0 bridgehead atoms. The number of thiol groups is 1. The Kier molecular flexibility index (Phi) is 19.4. The molecule has 0 aromatic carbocycles. The van der Waals surface area contributed by atoms with Crippen molar-refractivity contribution in [2.45, 2.75) is 50.7 Å². The molecule has 6 amide bonds. The summed E-state index contributed by atoms with van der Waals surface area (Å²) in [5.74, 6) is -5.93. The Morgan fingerprint density at radius 3 is 1.55 bits per heavy atom. The highest BCUT2D eigenvalue weighted by molar-refractivity contribution is 7.80. The number of carboxylic acid groups (broad SMARTS) is 1. The Balaban J connectivity index is 5.05. The second-order valence-corrected chi connectivity index (χ2v) is 9.49. The Bertz CT molecular complexity index is 1080. The van der Waals surface area contributed by atoms with Crippen LogP contribution in [0.4, 0.5) is 0 Å². The summed E-state index contributed by atoms with van der Waals surface area (Å²) in [7, 11) is 0. The molecule has 0 spiro atoms. The third-order valence-electron chi connectivity index (χ3n) is 5.35. The number of aliphatic imine (C=N–C) groups is 2. The third kappa shape index (κ3) is 19.3. The van der Waals surface area contributed by atoms with Gasteiger partial charge in [0.1, 0.15) is 18.1 Å². The smallest absolute Gasteiger partial charge is 0.327 e. The predicted octanol–water partition coefficient (Wildman–Crippen LogP) is -6.07. The van der Waals surface area contributed by atoms with Crippen LogP contribution in [0.5, 0.6) is 0 Å². The summed E-state index contributed by atoms with van der Waals surface area (Å²) in [5.41, 5.74) is 21.2. The molecule has 15 N–H and O–H groups in total. The summed E-state index contributed by atoms with van der Waals surface area (Å²) >= 11 is 3.81. The lowest BCUT2D eigenvalue weighted by atomic mass is 10.1. The van der Waals surface area contributed by atoms with Crippen molar-refractivity contribution in [1.82, 2.24) is 31.9 Å². The zero-order valence-corrected chi connectivity index (χ0v) is 25.2. The van der Waals surface area contributed by atoms with Crippen molar-refractivity contribution in [1.29, 1.82) is 0 Å². The molecule has 0 aromatic rings. The number of carboxylic acids is 1. The van der Waals surface area contributed by atoms with E-state index in [1.807, 2.05) is 0 Å². The maximum atomic E-state index is 13.0. The van der Waals surface area contributed by atoms with Crippen molar-refractivity contribution in [2.24, 2.45) is 32.9 Å². The van der Waals surface area contributed by atoms with E-state index in [1.165, 1.54) is 6.92 Å². The first kappa shape index (κ1) is 39.2. The van der Waals surface area contributed by atoms with Gasteiger partial charge in [-0.15, -0.1) is 0 Å². The number of nitrogens with zero attached hydrogens (tertiary/aromatic N) is 2. The highest BCUT2D eigenvalue weighted by atomic mass is 32.1. The molecular formula is C23H42N12O8S. The van der Waals surface area contributed by atoms with E-state index in [9.17, 15) is 33.6 Å². The van der Waals surface area contributed by atoms with Crippen molar-refractivity contribution in [3.8, 4) is 0 Å². The van der Waals surface area contributed by atoms with Gasteiger partial charge < -0.3 is 59.9 Å². The number of rotatable bonds is 21. The lowest BCUT2D eigenvalue weighted by Crippen LogP contribution is -2.54. The molecule has 0 aliphatic carbocycles. The molecule has 0 aliphatic heterocycles. The van der Waals surface area contributed by atoms with Crippen LogP contribution in [-0.4, -0.2) is 115 Å². The minimum atomic E-state index is -1.29. The van der Waals surface area contributed by atoms with Gasteiger partial charge in [0.15, 0.2) is 11.9 Å². The topological polar surface area (TPSA) is 341 Å². The van der Waals surface area contributed by atoms with Crippen LogP contribution in [0.15, 0.2) is 9.98 Å². The number of nitrogens with one attached hydrogen (secondary N) is 6. The van der Waals surface area contributed by atoms with Gasteiger partial charge in [0.05, 0.1) is 19.6 Å². The summed E-state index contributed by atoms with van der Waals surface area (Å²) in [6.45, 7) is -0.0824. The molecule has 0 fully saturated rings. The molecule has 0 rings (SSSR count). The first-order chi connectivity index (χ1) is 20.7. The van der Waals surface area contributed by atoms with Crippen LogP contribution in [0.25, 0.3) is 0 Å². The van der Waals surface area contributed by atoms with Gasteiger partial charge in [-0.3, -0.25) is 38.8 Å². The molecule has 0 aliphatic rings. The minimum absolute atomic E-state index is 0.0667. The van der Waals surface area contributed by atoms with Crippen LogP contribution in [0.1, 0.15) is 32.6 Å². The summed E-state index contributed by atoms with van der Waals surface area (Å²) in [6, 6.07) is -3.39. The second-order valence-electron chi connectivity index (χ2n) is 9.12. The maximum absolute atomic E-state index is 13.0. The van der Waals surface area contributed by atoms with Gasteiger partial charge >= 0.3 is 5.97 Å². The van der Waals surface area contributed by atoms with Gasteiger partial charge in [-0.25, -0.2) is 4.79 Å². The van der Waals surface area contributed by atoms with Gasteiger partial charge in [0.25, 0.3) is 0 Å². The van der Waals surface area contributed by atoms with Crippen LogP contribution < -0.4 is 54.8 Å². The van der Waals surface area contributed by atoms with Gasteiger partial charge in [0, 0.05) is 25.8 Å². The average Bonchev–Trinajstić information content (AvgIpc) is 2.94. The summed E-state index contributed by atoms with van der Waals surface area (Å²) < 4.78 is 0. The van der Waals surface area contributed by atoms with Crippen LogP contribution in [0.2, 0.25) is 0 Å². The normalized spacial score (nSPS) is 12.2. The van der Waals surface area contributed by atoms with E-state index in [2.05, 4.69) is 54.5 Å². The van der Waals surface area contributed by atoms with Gasteiger partial charge in [-0.05, 0) is 25.7 Å². The van der Waals surface area contributed by atoms with E-state index >= 15 is 0 Å². The van der Waals surface area contributed by atoms with Crippen molar-refractivity contribution in [3.63, 3.8) is 0 Å². The maximum Gasteiger partial charge on any atom is 0.327 e. The molecule has 3 atom stereocenters. The van der Waals surface area contributed by atoms with Gasteiger partial charge in [0.2, 0.25) is 35.4 Å².